The topological polar surface area (TPSA) is 103 Å². The van der Waals surface area contributed by atoms with Crippen LogP contribution in [0.2, 0.25) is 5.02 Å². The first-order valence-electron chi connectivity index (χ1n) is 8.80. The van der Waals surface area contributed by atoms with Crippen molar-refractivity contribution in [2.45, 2.75) is 13.2 Å². The smallest absolute Gasteiger partial charge is 0.223 e. The highest BCUT2D eigenvalue weighted by Crippen LogP contribution is 2.31. The van der Waals surface area contributed by atoms with Gasteiger partial charge in [-0.3, -0.25) is 0 Å². The third-order valence-electron chi connectivity index (χ3n) is 4.31. The Balaban J connectivity index is 1.87. The zero-order valence-electron chi connectivity index (χ0n) is 15.3. The molecule has 9 heteroatoms. The summed E-state index contributed by atoms with van der Waals surface area (Å²) in [7, 11) is 0. The number of nitrogens with one attached hydrogen (secondary N) is 2. The molecule has 0 aliphatic heterocycles. The maximum Gasteiger partial charge on any atom is 0.223 e. The Hall–Kier alpha value is -3.07. The van der Waals surface area contributed by atoms with E-state index >= 15 is 0 Å². The molecular formula is C20H17ClFN5O2. The summed E-state index contributed by atoms with van der Waals surface area (Å²) in [6.07, 6.45) is 0.113. The molecule has 4 aromatic rings. The normalized spacial score (nSPS) is 11.4. The van der Waals surface area contributed by atoms with Crippen LogP contribution in [-0.2, 0) is 0 Å². The number of hydrogen-bond donors (Lipinski definition) is 4. The van der Waals surface area contributed by atoms with E-state index in [4.69, 9.17) is 21.8 Å². The van der Waals surface area contributed by atoms with Crippen molar-refractivity contribution in [2.24, 2.45) is 0 Å². The number of benzene rings is 2. The summed E-state index contributed by atoms with van der Waals surface area (Å²) in [6.45, 7) is 1.85. The number of aliphatic hydroxyl groups excluding tert-OH is 1. The van der Waals surface area contributed by atoms with Crippen LogP contribution in [0.1, 0.15) is 5.56 Å². The molecular weight excluding hydrogens is 397 g/mol. The summed E-state index contributed by atoms with van der Waals surface area (Å²) in [5.41, 5.74) is 2.88. The molecule has 7 nitrogen and oxygen atoms in total. The Kier molecular flexibility index (Phi) is 5.14. The van der Waals surface area contributed by atoms with Crippen molar-refractivity contribution in [2.75, 3.05) is 17.2 Å². The minimum absolute atomic E-state index is 0.00939. The van der Waals surface area contributed by atoms with E-state index in [-0.39, 0.29) is 17.5 Å². The number of pyridine rings is 1. The van der Waals surface area contributed by atoms with E-state index in [1.807, 2.05) is 25.1 Å². The molecule has 4 rings (SSSR count). The average Bonchev–Trinajstić information content (AvgIpc) is 2.69. The molecule has 0 saturated carbocycles. The van der Waals surface area contributed by atoms with Gasteiger partial charge in [-0.15, -0.1) is 0 Å². The third kappa shape index (κ3) is 4.04. The van der Waals surface area contributed by atoms with E-state index in [2.05, 4.69) is 25.6 Å². The van der Waals surface area contributed by atoms with E-state index in [1.54, 1.807) is 12.3 Å². The number of aromatic nitrogens is 3. The van der Waals surface area contributed by atoms with Crippen molar-refractivity contribution in [3.8, 4) is 0 Å². The minimum atomic E-state index is -1.54. The van der Waals surface area contributed by atoms with Gasteiger partial charge in [0, 0.05) is 22.7 Å². The Morgan fingerprint density at radius 3 is 2.69 bits per heavy atom. The summed E-state index contributed by atoms with van der Waals surface area (Å²) in [5.74, 6) is 0.148. The number of halogens is 2. The largest absolute Gasteiger partial charge is 0.367 e. The number of anilines is 3. The molecule has 0 amide bonds. The van der Waals surface area contributed by atoms with E-state index in [1.165, 1.54) is 12.1 Å². The molecule has 2 aromatic carbocycles. The molecule has 4 N–H and O–H groups in total. The first-order valence-corrected chi connectivity index (χ1v) is 9.18. The molecule has 0 aliphatic rings. The molecule has 0 saturated heterocycles. The predicted octanol–water partition coefficient (Wildman–Crippen LogP) is 3.75. The fourth-order valence-corrected chi connectivity index (χ4v) is 3.14. The van der Waals surface area contributed by atoms with Crippen LogP contribution in [0, 0.1) is 12.7 Å². The number of nitrogens with zero attached hydrogens (tertiary/aromatic N) is 3. The van der Waals surface area contributed by atoms with E-state index in [0.29, 0.717) is 17.0 Å². The van der Waals surface area contributed by atoms with Crippen molar-refractivity contribution >= 4 is 50.9 Å². The van der Waals surface area contributed by atoms with Crippen molar-refractivity contribution in [1.29, 1.82) is 0 Å². The SMILES string of the molecule is Cc1ccc2c(c1)nc(Nc1ccc(F)c(Cl)c1)c1nc(NCC(O)O)ncc12. The van der Waals surface area contributed by atoms with Gasteiger partial charge >= 0.3 is 0 Å². The lowest BCUT2D eigenvalue weighted by Gasteiger charge is -2.13. The third-order valence-corrected chi connectivity index (χ3v) is 4.60. The minimum Gasteiger partial charge on any atom is -0.367 e. The predicted molar refractivity (Wildman–Crippen MR) is 111 cm³/mol. The van der Waals surface area contributed by atoms with Crippen LogP contribution in [0.5, 0.6) is 0 Å². The van der Waals surface area contributed by atoms with Crippen LogP contribution in [0.3, 0.4) is 0 Å². The molecule has 0 spiro atoms. The molecule has 0 aliphatic carbocycles. The molecule has 2 heterocycles. The van der Waals surface area contributed by atoms with Gasteiger partial charge in [-0.1, -0.05) is 23.7 Å². The highest BCUT2D eigenvalue weighted by Gasteiger charge is 2.13. The fraction of sp³-hybridized carbons (Fsp3) is 0.150. The summed E-state index contributed by atoms with van der Waals surface area (Å²) >= 11 is 5.89. The van der Waals surface area contributed by atoms with Crippen LogP contribution in [0.25, 0.3) is 21.8 Å². The van der Waals surface area contributed by atoms with Gasteiger partial charge in [-0.05, 0) is 36.8 Å². The molecule has 0 unspecified atom stereocenters. The highest BCUT2D eigenvalue weighted by molar-refractivity contribution is 6.31. The van der Waals surface area contributed by atoms with Crippen molar-refractivity contribution in [3.63, 3.8) is 0 Å². The van der Waals surface area contributed by atoms with Gasteiger partial charge in [0.15, 0.2) is 12.1 Å². The number of hydrogen-bond acceptors (Lipinski definition) is 7. The van der Waals surface area contributed by atoms with Crippen LogP contribution < -0.4 is 10.6 Å². The number of aliphatic hydroxyl groups is 2. The molecule has 29 heavy (non-hydrogen) atoms. The van der Waals surface area contributed by atoms with Gasteiger partial charge in [0.1, 0.15) is 11.3 Å². The highest BCUT2D eigenvalue weighted by atomic mass is 35.5. The Labute approximate surface area is 170 Å². The van der Waals surface area contributed by atoms with Gasteiger partial charge in [-0.25, -0.2) is 19.3 Å². The van der Waals surface area contributed by atoms with Gasteiger partial charge in [0.2, 0.25) is 5.95 Å². The van der Waals surface area contributed by atoms with E-state index in [0.717, 1.165) is 21.9 Å². The number of aryl methyl sites for hydroxylation is 1. The lowest BCUT2D eigenvalue weighted by molar-refractivity contribution is -0.0276. The first kappa shape index (κ1) is 19.3. The molecule has 2 aromatic heterocycles. The summed E-state index contributed by atoms with van der Waals surface area (Å²) in [4.78, 5) is 13.4. The zero-order chi connectivity index (χ0) is 20.5. The van der Waals surface area contributed by atoms with Crippen LogP contribution in [0.4, 0.5) is 21.8 Å². The molecule has 0 fully saturated rings. The lowest BCUT2D eigenvalue weighted by Crippen LogP contribution is -2.19. The summed E-state index contributed by atoms with van der Waals surface area (Å²) in [6, 6.07) is 10.2. The van der Waals surface area contributed by atoms with Gasteiger partial charge in [-0.2, -0.15) is 0 Å². The van der Waals surface area contributed by atoms with Crippen LogP contribution in [0.15, 0.2) is 42.6 Å². The second kappa shape index (κ2) is 7.75. The number of fused-ring (bicyclic) bond motifs is 3. The maximum atomic E-state index is 13.5. The molecule has 0 radical (unpaired) electrons. The molecule has 0 bridgehead atoms. The number of rotatable bonds is 5. The van der Waals surface area contributed by atoms with Crippen LogP contribution >= 0.6 is 11.6 Å². The van der Waals surface area contributed by atoms with Gasteiger partial charge in [0.25, 0.3) is 0 Å². The second-order valence-corrected chi connectivity index (χ2v) is 6.96. The van der Waals surface area contributed by atoms with E-state index < -0.39 is 12.1 Å². The zero-order valence-corrected chi connectivity index (χ0v) is 16.1. The standard InChI is InChI=1S/C20H17ClFN5O2/c1-10-2-4-12-13-8-23-20(24-9-17(28)29)27-18(13)19(26-16(12)6-10)25-11-3-5-15(22)14(21)7-11/h2-8,17,28-29H,9H2,1H3,(H,25,26)(H,23,24,27). The van der Waals surface area contributed by atoms with Crippen LogP contribution in [-0.4, -0.2) is 38.0 Å². The maximum absolute atomic E-state index is 13.5. The summed E-state index contributed by atoms with van der Waals surface area (Å²) < 4.78 is 13.5. The molecule has 0 atom stereocenters. The van der Waals surface area contributed by atoms with Crippen molar-refractivity contribution in [3.05, 3.63) is 59.0 Å². The van der Waals surface area contributed by atoms with Crippen molar-refractivity contribution < 1.29 is 14.6 Å². The Morgan fingerprint density at radius 1 is 1.10 bits per heavy atom. The van der Waals surface area contributed by atoms with Crippen molar-refractivity contribution in [1.82, 2.24) is 15.0 Å². The monoisotopic (exact) mass is 413 g/mol. The quantitative estimate of drug-likeness (QED) is 0.292. The summed E-state index contributed by atoms with van der Waals surface area (Å²) in [5, 5.41) is 25.6. The average molecular weight is 414 g/mol. The Bertz CT molecular complexity index is 1220. The van der Waals surface area contributed by atoms with E-state index in [9.17, 15) is 4.39 Å². The Morgan fingerprint density at radius 2 is 1.93 bits per heavy atom. The lowest BCUT2D eigenvalue weighted by atomic mass is 10.1. The van der Waals surface area contributed by atoms with Gasteiger partial charge < -0.3 is 20.8 Å². The second-order valence-electron chi connectivity index (χ2n) is 6.55. The molecule has 148 valence electrons. The van der Waals surface area contributed by atoms with Gasteiger partial charge in [0.05, 0.1) is 17.1 Å². The fourth-order valence-electron chi connectivity index (χ4n) is 2.96. The first-order chi connectivity index (χ1) is 13.9.